The van der Waals surface area contributed by atoms with Crippen molar-refractivity contribution in [3.05, 3.63) is 29.8 Å². The highest BCUT2D eigenvalue weighted by Crippen LogP contribution is 2.65. The van der Waals surface area contributed by atoms with Gasteiger partial charge in [0.15, 0.2) is 0 Å². The van der Waals surface area contributed by atoms with Crippen LogP contribution in [0.5, 0.6) is 5.75 Å². The summed E-state index contributed by atoms with van der Waals surface area (Å²) in [7, 11) is 1.71. The maximum atomic E-state index is 13.2. The van der Waals surface area contributed by atoms with Gasteiger partial charge in [-0.1, -0.05) is 12.1 Å². The number of carbonyl (C=O) groups excluding carboxylic acids is 1. The van der Waals surface area contributed by atoms with E-state index >= 15 is 0 Å². The van der Waals surface area contributed by atoms with E-state index in [1.165, 1.54) is 24.8 Å². The molecule has 148 valence electrons. The van der Waals surface area contributed by atoms with E-state index in [4.69, 9.17) is 9.47 Å². The van der Waals surface area contributed by atoms with Gasteiger partial charge in [-0.15, -0.1) is 0 Å². The summed E-state index contributed by atoms with van der Waals surface area (Å²) in [6.45, 7) is 4.20. The topological polar surface area (TPSA) is 47.6 Å². The third kappa shape index (κ3) is 3.49. The second kappa shape index (κ2) is 7.46. The van der Waals surface area contributed by atoms with E-state index in [1.807, 2.05) is 6.92 Å². The Balaban J connectivity index is 1.50. The number of methoxy groups -OCH3 is 1. The molecule has 4 nitrogen and oxygen atoms in total. The summed E-state index contributed by atoms with van der Waals surface area (Å²) in [4.78, 5) is 13.2. The van der Waals surface area contributed by atoms with Gasteiger partial charge in [0.1, 0.15) is 5.75 Å². The normalized spacial score (nSPS) is 33.9. The van der Waals surface area contributed by atoms with E-state index in [9.17, 15) is 4.79 Å². The fourth-order valence-corrected chi connectivity index (χ4v) is 6.52. The van der Waals surface area contributed by atoms with Gasteiger partial charge in [-0.05, 0) is 86.8 Å². The molecule has 4 heteroatoms. The van der Waals surface area contributed by atoms with Gasteiger partial charge in [-0.25, -0.2) is 0 Å². The first-order chi connectivity index (χ1) is 13.1. The highest BCUT2D eigenvalue weighted by Gasteiger charge is 2.60. The van der Waals surface area contributed by atoms with Crippen LogP contribution in [0, 0.1) is 17.3 Å². The van der Waals surface area contributed by atoms with Crippen LogP contribution in [0.15, 0.2) is 24.3 Å². The Kier molecular flexibility index (Phi) is 5.19. The fourth-order valence-electron chi connectivity index (χ4n) is 6.52. The molecule has 0 radical (unpaired) electrons. The molecule has 1 amide bonds. The van der Waals surface area contributed by atoms with Gasteiger partial charge in [0, 0.05) is 19.8 Å². The zero-order valence-electron chi connectivity index (χ0n) is 16.8. The van der Waals surface area contributed by atoms with Crippen LogP contribution in [-0.2, 0) is 14.9 Å². The number of amides is 1. The Labute approximate surface area is 163 Å². The molecule has 1 aromatic carbocycles. The molecule has 2 atom stereocenters. The molecule has 0 aromatic heterocycles. The second-order valence-electron chi connectivity index (χ2n) is 9.06. The van der Waals surface area contributed by atoms with E-state index in [1.54, 1.807) is 7.11 Å². The molecule has 4 fully saturated rings. The lowest BCUT2D eigenvalue weighted by molar-refractivity contribution is -0.149. The molecule has 1 N–H and O–H groups in total. The average molecular weight is 372 g/mol. The van der Waals surface area contributed by atoms with Crippen LogP contribution < -0.4 is 10.1 Å². The van der Waals surface area contributed by atoms with Crippen molar-refractivity contribution in [2.45, 2.75) is 57.3 Å². The molecule has 2 unspecified atom stereocenters. The van der Waals surface area contributed by atoms with E-state index in [0.717, 1.165) is 51.2 Å². The zero-order valence-corrected chi connectivity index (χ0v) is 16.8. The molecule has 27 heavy (non-hydrogen) atoms. The van der Waals surface area contributed by atoms with Gasteiger partial charge in [-0.2, -0.15) is 0 Å². The highest BCUT2D eigenvalue weighted by molar-refractivity contribution is 5.83. The average Bonchev–Trinajstić information content (AvgIpc) is 2.66. The van der Waals surface area contributed by atoms with Crippen molar-refractivity contribution in [2.24, 2.45) is 17.3 Å². The Hall–Kier alpha value is -1.55. The molecule has 4 saturated carbocycles. The minimum Gasteiger partial charge on any atom is -0.497 e. The zero-order chi connectivity index (χ0) is 18.9. The van der Waals surface area contributed by atoms with Crippen LogP contribution in [-0.4, -0.2) is 32.8 Å². The first-order valence-corrected chi connectivity index (χ1v) is 10.6. The summed E-state index contributed by atoms with van der Waals surface area (Å²) in [5, 5.41) is 3.25. The predicted octanol–water partition coefficient (Wildman–Crippen LogP) is 4.08. The van der Waals surface area contributed by atoms with Crippen LogP contribution in [0.25, 0.3) is 0 Å². The van der Waals surface area contributed by atoms with Crippen LogP contribution in [0.4, 0.5) is 0 Å². The number of ether oxygens (including phenoxy) is 2. The van der Waals surface area contributed by atoms with Crippen LogP contribution in [0.2, 0.25) is 0 Å². The minimum atomic E-state index is -0.157. The SMILES string of the molecule is CCOCCCNC(=O)C12CC3CC(C1)CC(c1ccc(OC)cc1)(C3)C2. The Morgan fingerprint density at radius 2 is 1.85 bits per heavy atom. The maximum Gasteiger partial charge on any atom is 0.226 e. The number of nitrogens with one attached hydrogen (secondary N) is 1. The Morgan fingerprint density at radius 3 is 2.48 bits per heavy atom. The molecule has 1 aromatic rings. The summed E-state index contributed by atoms with van der Waals surface area (Å²) in [5.74, 6) is 2.60. The minimum absolute atomic E-state index is 0.157. The molecule has 4 bridgehead atoms. The fraction of sp³-hybridized carbons (Fsp3) is 0.696. The molecular weight excluding hydrogens is 338 g/mol. The molecule has 5 rings (SSSR count). The van der Waals surface area contributed by atoms with Crippen LogP contribution >= 0.6 is 0 Å². The molecule has 4 aliphatic rings. The summed E-state index contributed by atoms with van der Waals surface area (Å²) < 4.78 is 10.7. The van der Waals surface area contributed by atoms with Gasteiger partial charge in [0.05, 0.1) is 12.5 Å². The molecular formula is C23H33NO3. The number of benzene rings is 1. The third-order valence-corrected chi connectivity index (χ3v) is 7.20. The standard InChI is InChI=1S/C23H33NO3/c1-3-27-10-4-9-24-21(25)23-14-17-11-18(15-23)13-22(12-17,16-23)19-5-7-20(26-2)8-6-19/h5-8,17-18H,3-4,9-16H2,1-2H3,(H,24,25). The largest absolute Gasteiger partial charge is 0.497 e. The second-order valence-corrected chi connectivity index (χ2v) is 9.06. The molecule has 0 heterocycles. The lowest BCUT2D eigenvalue weighted by atomic mass is 9.42. The van der Waals surface area contributed by atoms with Crippen LogP contribution in [0.1, 0.15) is 57.4 Å². The molecule has 0 saturated heterocycles. The highest BCUT2D eigenvalue weighted by atomic mass is 16.5. The smallest absolute Gasteiger partial charge is 0.226 e. The predicted molar refractivity (Wildman–Crippen MR) is 106 cm³/mol. The summed E-state index contributed by atoms with van der Waals surface area (Å²) in [6.07, 6.45) is 7.88. The van der Waals surface area contributed by atoms with Gasteiger partial charge in [-0.3, -0.25) is 4.79 Å². The van der Waals surface area contributed by atoms with Gasteiger partial charge in [0.2, 0.25) is 5.91 Å². The molecule has 0 spiro atoms. The molecule has 0 aliphatic heterocycles. The lowest BCUT2D eigenvalue weighted by Gasteiger charge is -2.61. The molecule has 4 aliphatic carbocycles. The van der Waals surface area contributed by atoms with Gasteiger partial charge < -0.3 is 14.8 Å². The first-order valence-electron chi connectivity index (χ1n) is 10.6. The van der Waals surface area contributed by atoms with E-state index in [-0.39, 0.29) is 10.8 Å². The monoisotopic (exact) mass is 371 g/mol. The van der Waals surface area contributed by atoms with Crippen molar-refractivity contribution in [1.29, 1.82) is 0 Å². The summed E-state index contributed by atoms with van der Waals surface area (Å²) >= 11 is 0. The van der Waals surface area contributed by atoms with Crippen molar-refractivity contribution in [3.63, 3.8) is 0 Å². The number of carbonyl (C=O) groups is 1. The van der Waals surface area contributed by atoms with E-state index in [2.05, 4.69) is 29.6 Å². The van der Waals surface area contributed by atoms with Gasteiger partial charge in [0.25, 0.3) is 0 Å². The van der Waals surface area contributed by atoms with Crippen molar-refractivity contribution >= 4 is 5.91 Å². The van der Waals surface area contributed by atoms with Crippen molar-refractivity contribution in [3.8, 4) is 5.75 Å². The van der Waals surface area contributed by atoms with E-state index < -0.39 is 0 Å². The number of hydrogen-bond donors (Lipinski definition) is 1. The van der Waals surface area contributed by atoms with E-state index in [0.29, 0.717) is 17.7 Å². The van der Waals surface area contributed by atoms with Crippen molar-refractivity contribution in [2.75, 3.05) is 26.9 Å². The number of rotatable bonds is 8. The van der Waals surface area contributed by atoms with Crippen molar-refractivity contribution < 1.29 is 14.3 Å². The van der Waals surface area contributed by atoms with Crippen LogP contribution in [0.3, 0.4) is 0 Å². The lowest BCUT2D eigenvalue weighted by Crippen LogP contribution is -2.59. The first kappa shape index (κ1) is 18.8. The summed E-state index contributed by atoms with van der Waals surface area (Å²) in [5.41, 5.74) is 1.43. The quantitative estimate of drug-likeness (QED) is 0.701. The van der Waals surface area contributed by atoms with Gasteiger partial charge >= 0.3 is 0 Å². The third-order valence-electron chi connectivity index (χ3n) is 7.20. The summed E-state index contributed by atoms with van der Waals surface area (Å²) in [6, 6.07) is 8.63. The van der Waals surface area contributed by atoms with Crippen molar-refractivity contribution in [1.82, 2.24) is 5.32 Å². The Morgan fingerprint density at radius 1 is 1.15 bits per heavy atom. The Bertz CT molecular complexity index is 655. The maximum absolute atomic E-state index is 13.2. The number of hydrogen-bond acceptors (Lipinski definition) is 3.